The fourth-order valence-electron chi connectivity index (χ4n) is 6.55. The first-order valence-corrected chi connectivity index (χ1v) is 15.4. The molecule has 230 valence electrons. The summed E-state index contributed by atoms with van der Waals surface area (Å²) in [5.74, 6) is -0.293. The minimum atomic E-state index is -0.667. The number of carbonyl (C=O) groups is 3. The van der Waals surface area contributed by atoms with Gasteiger partial charge in [-0.2, -0.15) is 0 Å². The molecular formula is C31H45N5O6. The van der Waals surface area contributed by atoms with E-state index in [9.17, 15) is 19.2 Å². The molecule has 0 spiro atoms. The Labute approximate surface area is 246 Å². The molecule has 3 aliphatic rings. The maximum absolute atomic E-state index is 13.1. The number of ether oxygens (including phenoxy) is 2. The lowest BCUT2D eigenvalue weighted by Gasteiger charge is -2.33. The first kappa shape index (κ1) is 30.3. The zero-order valence-corrected chi connectivity index (χ0v) is 25.3. The van der Waals surface area contributed by atoms with Crippen LogP contribution in [0.2, 0.25) is 0 Å². The SMILES string of the molecule is Cn1c(=O)n(C2CCC(=O)NC2=O)c2ccc(C3CCN(CCO[C@H]4CC[C@H](NC(=O)OC(C)(C)C)CC4)CC3)cc21. The smallest absolute Gasteiger partial charge is 0.407 e. The fraction of sp³-hybridized carbons (Fsp3) is 0.677. The number of imide groups is 1. The predicted octanol–water partition coefficient (Wildman–Crippen LogP) is 3.35. The summed E-state index contributed by atoms with van der Waals surface area (Å²) in [7, 11) is 1.74. The van der Waals surface area contributed by atoms with Crippen LogP contribution in [0.3, 0.4) is 0 Å². The molecule has 5 rings (SSSR count). The Hall–Kier alpha value is -3.18. The first-order valence-electron chi connectivity index (χ1n) is 15.4. The molecule has 3 amide bonds. The molecule has 0 radical (unpaired) electrons. The summed E-state index contributed by atoms with van der Waals surface area (Å²) in [5.41, 5.74) is 2.03. The molecule has 0 bridgehead atoms. The number of imidazole rings is 1. The van der Waals surface area contributed by atoms with Crippen LogP contribution in [0.15, 0.2) is 23.0 Å². The summed E-state index contributed by atoms with van der Waals surface area (Å²) in [4.78, 5) is 51.6. The highest BCUT2D eigenvalue weighted by molar-refractivity contribution is 6.00. The summed E-state index contributed by atoms with van der Waals surface area (Å²) in [6.45, 7) is 9.22. The maximum atomic E-state index is 13.1. The van der Waals surface area contributed by atoms with Gasteiger partial charge in [0.15, 0.2) is 0 Å². The maximum Gasteiger partial charge on any atom is 0.407 e. The lowest BCUT2D eigenvalue weighted by atomic mass is 9.89. The van der Waals surface area contributed by atoms with Crippen molar-refractivity contribution in [1.82, 2.24) is 24.7 Å². The van der Waals surface area contributed by atoms with Crippen LogP contribution < -0.4 is 16.3 Å². The number of nitrogens with zero attached hydrogens (tertiary/aromatic N) is 3. The van der Waals surface area contributed by atoms with Crippen molar-refractivity contribution in [3.8, 4) is 0 Å². The van der Waals surface area contributed by atoms with E-state index in [0.717, 1.165) is 69.2 Å². The number of aryl methyl sites for hydroxylation is 1. The van der Waals surface area contributed by atoms with Gasteiger partial charge in [0.25, 0.3) is 0 Å². The molecule has 1 aromatic carbocycles. The second-order valence-corrected chi connectivity index (χ2v) is 13.0. The van der Waals surface area contributed by atoms with E-state index < -0.39 is 17.6 Å². The van der Waals surface area contributed by atoms with E-state index in [1.807, 2.05) is 26.8 Å². The normalized spacial score (nSPS) is 24.5. The molecule has 1 atom stereocenters. The van der Waals surface area contributed by atoms with E-state index in [-0.39, 0.29) is 36.3 Å². The lowest BCUT2D eigenvalue weighted by molar-refractivity contribution is -0.135. The number of aromatic nitrogens is 2. The van der Waals surface area contributed by atoms with Crippen molar-refractivity contribution in [2.24, 2.45) is 7.05 Å². The van der Waals surface area contributed by atoms with E-state index >= 15 is 0 Å². The molecule has 2 saturated heterocycles. The molecule has 1 aliphatic carbocycles. The number of hydrogen-bond acceptors (Lipinski definition) is 7. The second-order valence-electron chi connectivity index (χ2n) is 13.0. The average Bonchev–Trinajstić information content (AvgIpc) is 3.18. The van der Waals surface area contributed by atoms with Crippen LogP contribution in [0.4, 0.5) is 4.79 Å². The van der Waals surface area contributed by atoms with Gasteiger partial charge in [0.2, 0.25) is 11.8 Å². The van der Waals surface area contributed by atoms with Gasteiger partial charge in [0, 0.05) is 26.1 Å². The van der Waals surface area contributed by atoms with E-state index in [1.54, 1.807) is 11.6 Å². The standard InChI is InChI=1S/C31H45N5O6/c1-31(2,3)42-29(39)32-22-6-8-23(9-7-22)41-18-17-35-15-13-20(14-16-35)21-5-10-24-26(19-21)34(4)30(40)36(24)25-11-12-27(37)33-28(25)38/h5,10,19-20,22-23,25H,6-9,11-18H2,1-4H3,(H,32,39)(H,33,37,38)/t22-,23-,25?. The third-order valence-corrected chi connectivity index (χ3v) is 8.85. The number of piperidine rings is 2. The summed E-state index contributed by atoms with van der Waals surface area (Å²) < 4.78 is 14.7. The molecule has 1 saturated carbocycles. The second kappa shape index (κ2) is 12.6. The van der Waals surface area contributed by atoms with Gasteiger partial charge in [0.1, 0.15) is 11.6 Å². The highest BCUT2D eigenvalue weighted by atomic mass is 16.6. The first-order chi connectivity index (χ1) is 20.0. The van der Waals surface area contributed by atoms with Crippen LogP contribution >= 0.6 is 0 Å². The molecule has 42 heavy (non-hydrogen) atoms. The van der Waals surface area contributed by atoms with Gasteiger partial charge in [-0.05, 0) is 102 Å². The molecule has 3 heterocycles. The highest BCUT2D eigenvalue weighted by Gasteiger charge is 2.32. The molecule has 2 aromatic rings. The number of carbonyl (C=O) groups excluding carboxylic acids is 3. The zero-order chi connectivity index (χ0) is 30.0. The van der Waals surface area contributed by atoms with Crippen LogP contribution in [0.1, 0.15) is 89.7 Å². The Kier molecular flexibility index (Phi) is 9.08. The molecule has 11 nitrogen and oxygen atoms in total. The fourth-order valence-corrected chi connectivity index (χ4v) is 6.55. The van der Waals surface area contributed by atoms with Crippen LogP contribution in [0.25, 0.3) is 11.0 Å². The number of nitrogens with one attached hydrogen (secondary N) is 2. The van der Waals surface area contributed by atoms with Crippen molar-refractivity contribution in [1.29, 1.82) is 0 Å². The minimum absolute atomic E-state index is 0.149. The monoisotopic (exact) mass is 583 g/mol. The van der Waals surface area contributed by atoms with Crippen LogP contribution in [0, 0.1) is 0 Å². The van der Waals surface area contributed by atoms with E-state index in [4.69, 9.17) is 9.47 Å². The van der Waals surface area contributed by atoms with E-state index in [1.165, 1.54) is 10.1 Å². The molecule has 3 fully saturated rings. The summed E-state index contributed by atoms with van der Waals surface area (Å²) in [6, 6.07) is 5.61. The van der Waals surface area contributed by atoms with Crippen molar-refractivity contribution >= 4 is 28.9 Å². The Morgan fingerprint density at radius 2 is 1.71 bits per heavy atom. The Bertz CT molecular complexity index is 1360. The minimum Gasteiger partial charge on any atom is -0.444 e. The quantitative estimate of drug-likeness (QED) is 0.479. The van der Waals surface area contributed by atoms with E-state index in [0.29, 0.717) is 18.9 Å². The molecule has 1 aromatic heterocycles. The Balaban J connectivity index is 1.07. The third kappa shape index (κ3) is 7.06. The summed E-state index contributed by atoms with van der Waals surface area (Å²) in [5, 5.41) is 5.35. The van der Waals surface area contributed by atoms with Crippen molar-refractivity contribution < 1.29 is 23.9 Å². The number of alkyl carbamates (subject to hydrolysis) is 1. The predicted molar refractivity (Wildman–Crippen MR) is 158 cm³/mol. The van der Waals surface area contributed by atoms with Gasteiger partial charge < -0.3 is 19.7 Å². The highest BCUT2D eigenvalue weighted by Crippen LogP contribution is 2.31. The Morgan fingerprint density at radius 1 is 1.00 bits per heavy atom. The van der Waals surface area contributed by atoms with E-state index in [2.05, 4.69) is 27.7 Å². The number of rotatable bonds is 7. The van der Waals surface area contributed by atoms with Gasteiger partial charge in [-0.25, -0.2) is 9.59 Å². The third-order valence-electron chi connectivity index (χ3n) is 8.85. The number of amides is 3. The van der Waals surface area contributed by atoms with Gasteiger partial charge in [0.05, 0.1) is 23.7 Å². The Morgan fingerprint density at radius 3 is 2.38 bits per heavy atom. The molecule has 2 N–H and O–H groups in total. The van der Waals surface area contributed by atoms with Crippen molar-refractivity contribution in [3.63, 3.8) is 0 Å². The summed E-state index contributed by atoms with van der Waals surface area (Å²) >= 11 is 0. The van der Waals surface area contributed by atoms with Crippen LogP contribution in [-0.4, -0.2) is 75.9 Å². The van der Waals surface area contributed by atoms with Crippen molar-refractivity contribution in [2.75, 3.05) is 26.2 Å². The molecule has 1 unspecified atom stereocenters. The topological polar surface area (TPSA) is 124 Å². The molecular weight excluding hydrogens is 538 g/mol. The van der Waals surface area contributed by atoms with Crippen LogP contribution in [-0.2, 0) is 26.1 Å². The van der Waals surface area contributed by atoms with Crippen LogP contribution in [0.5, 0.6) is 0 Å². The number of fused-ring (bicyclic) bond motifs is 1. The van der Waals surface area contributed by atoms with Gasteiger partial charge in [-0.1, -0.05) is 6.07 Å². The largest absolute Gasteiger partial charge is 0.444 e. The summed E-state index contributed by atoms with van der Waals surface area (Å²) in [6.07, 6.45) is 6.23. The van der Waals surface area contributed by atoms with Gasteiger partial charge in [-0.15, -0.1) is 0 Å². The lowest BCUT2D eigenvalue weighted by Crippen LogP contribution is -2.44. The van der Waals surface area contributed by atoms with Gasteiger partial charge >= 0.3 is 11.8 Å². The molecule has 11 heteroatoms. The number of hydrogen-bond donors (Lipinski definition) is 2. The number of likely N-dealkylation sites (tertiary alicyclic amines) is 1. The zero-order valence-electron chi connectivity index (χ0n) is 25.3. The molecule has 2 aliphatic heterocycles. The van der Waals surface area contributed by atoms with Crippen molar-refractivity contribution in [3.05, 3.63) is 34.2 Å². The number of benzene rings is 1. The average molecular weight is 584 g/mol. The van der Waals surface area contributed by atoms with Crippen molar-refractivity contribution in [2.45, 2.75) is 102 Å². The van der Waals surface area contributed by atoms with Gasteiger partial charge in [-0.3, -0.25) is 24.0 Å².